The first kappa shape index (κ1) is 14.1. The Morgan fingerprint density at radius 1 is 1.22 bits per heavy atom. The fourth-order valence-corrected chi connectivity index (χ4v) is 3.88. The molecule has 0 amide bonds. The Kier molecular flexibility index (Phi) is 4.89. The lowest BCUT2D eigenvalue weighted by molar-refractivity contribution is 0.271. The van der Waals surface area contributed by atoms with Crippen molar-refractivity contribution in [2.24, 2.45) is 11.8 Å². The van der Waals surface area contributed by atoms with Crippen LogP contribution in [-0.4, -0.2) is 4.83 Å². The Hall–Kier alpha value is -0.300. The van der Waals surface area contributed by atoms with E-state index in [4.69, 9.17) is 0 Å². The average molecular weight is 309 g/mol. The van der Waals surface area contributed by atoms with Gasteiger partial charge in [-0.05, 0) is 62.5 Å². The quantitative estimate of drug-likeness (QED) is 0.653. The third kappa shape index (κ3) is 3.38. The zero-order valence-electron chi connectivity index (χ0n) is 11.9. The van der Waals surface area contributed by atoms with Crippen LogP contribution in [0.2, 0.25) is 0 Å². The molecule has 3 atom stereocenters. The van der Waals surface area contributed by atoms with Crippen molar-refractivity contribution < 1.29 is 0 Å². The molecular formula is C17H25Br. The van der Waals surface area contributed by atoms with E-state index < -0.39 is 0 Å². The van der Waals surface area contributed by atoms with Gasteiger partial charge in [0.25, 0.3) is 0 Å². The van der Waals surface area contributed by atoms with Crippen molar-refractivity contribution in [2.45, 2.75) is 57.7 Å². The van der Waals surface area contributed by atoms with Gasteiger partial charge in [0.1, 0.15) is 0 Å². The summed E-state index contributed by atoms with van der Waals surface area (Å²) in [5, 5.41) is 0. The molecule has 0 saturated heterocycles. The Morgan fingerprint density at radius 2 is 2.00 bits per heavy atom. The van der Waals surface area contributed by atoms with E-state index >= 15 is 0 Å². The molecular weight excluding hydrogens is 284 g/mol. The maximum atomic E-state index is 3.91. The van der Waals surface area contributed by atoms with Gasteiger partial charge >= 0.3 is 0 Å². The summed E-state index contributed by atoms with van der Waals surface area (Å²) in [5.41, 5.74) is 4.41. The van der Waals surface area contributed by atoms with Crippen LogP contribution in [0, 0.1) is 25.7 Å². The molecule has 0 spiro atoms. The number of alkyl halides is 1. The largest absolute Gasteiger partial charge is 0.0888 e. The van der Waals surface area contributed by atoms with E-state index in [-0.39, 0.29) is 0 Å². The highest BCUT2D eigenvalue weighted by Gasteiger charge is 2.28. The van der Waals surface area contributed by atoms with Gasteiger partial charge in [-0.15, -0.1) is 0 Å². The number of hydrogen-bond acceptors (Lipinski definition) is 0. The van der Waals surface area contributed by atoms with E-state index in [0.29, 0.717) is 0 Å². The molecule has 0 heterocycles. The van der Waals surface area contributed by atoms with Crippen LogP contribution in [0.15, 0.2) is 18.2 Å². The van der Waals surface area contributed by atoms with Gasteiger partial charge in [-0.2, -0.15) is 0 Å². The first-order valence-corrected chi connectivity index (χ1v) is 8.22. The Labute approximate surface area is 120 Å². The normalized spacial score (nSPS) is 28.3. The lowest BCUT2D eigenvalue weighted by Crippen LogP contribution is -2.26. The molecule has 1 aromatic rings. The smallest absolute Gasteiger partial charge is 0.0177 e. The number of benzene rings is 1. The van der Waals surface area contributed by atoms with E-state index in [0.717, 1.165) is 16.7 Å². The predicted molar refractivity (Wildman–Crippen MR) is 83.5 cm³/mol. The maximum Gasteiger partial charge on any atom is 0.0177 e. The Morgan fingerprint density at radius 3 is 2.72 bits per heavy atom. The number of halogens is 1. The Balaban J connectivity index is 2.09. The van der Waals surface area contributed by atoms with Crippen LogP contribution >= 0.6 is 15.9 Å². The van der Waals surface area contributed by atoms with Gasteiger partial charge in [-0.25, -0.2) is 0 Å². The molecule has 0 aromatic heterocycles. The van der Waals surface area contributed by atoms with Crippen molar-refractivity contribution in [3.8, 4) is 0 Å². The fourth-order valence-electron chi connectivity index (χ4n) is 3.21. The van der Waals surface area contributed by atoms with E-state index in [2.05, 4.69) is 54.9 Å². The minimum atomic E-state index is 0.722. The summed E-state index contributed by atoms with van der Waals surface area (Å²) < 4.78 is 0. The second kappa shape index (κ2) is 6.23. The minimum absolute atomic E-state index is 0.722. The van der Waals surface area contributed by atoms with Crippen LogP contribution in [0.25, 0.3) is 0 Å². The third-order valence-corrected chi connectivity index (χ3v) is 5.77. The van der Waals surface area contributed by atoms with E-state index in [1.807, 2.05) is 0 Å². The maximum absolute atomic E-state index is 3.91. The molecule has 0 radical (unpaired) electrons. The first-order chi connectivity index (χ1) is 8.60. The molecule has 0 nitrogen and oxygen atoms in total. The second-order valence-electron chi connectivity index (χ2n) is 6.00. The summed E-state index contributed by atoms with van der Waals surface area (Å²) in [6.07, 6.45) is 6.77. The van der Waals surface area contributed by atoms with Gasteiger partial charge in [0.05, 0.1) is 0 Å². The van der Waals surface area contributed by atoms with Crippen molar-refractivity contribution in [2.75, 3.05) is 0 Å². The van der Waals surface area contributed by atoms with Crippen molar-refractivity contribution >= 4 is 15.9 Å². The highest BCUT2D eigenvalue weighted by Crippen LogP contribution is 2.37. The van der Waals surface area contributed by atoms with Gasteiger partial charge < -0.3 is 0 Å². The third-order valence-electron chi connectivity index (χ3n) is 4.56. The van der Waals surface area contributed by atoms with Gasteiger partial charge in [-0.3, -0.25) is 0 Å². The molecule has 1 aliphatic rings. The lowest BCUT2D eigenvalue weighted by Gasteiger charge is -2.33. The van der Waals surface area contributed by atoms with Crippen LogP contribution in [0.4, 0.5) is 0 Å². The molecule has 1 heteroatoms. The molecule has 1 fully saturated rings. The minimum Gasteiger partial charge on any atom is -0.0888 e. The fraction of sp³-hybridized carbons (Fsp3) is 0.647. The standard InChI is InChI=1S/C17H25Br/c1-4-14-7-8-17(18)16(10-14)11-15-9-12(2)5-6-13(15)3/h5-6,9,14,16-17H,4,7-8,10-11H2,1-3H3. The topological polar surface area (TPSA) is 0 Å². The molecule has 0 N–H and O–H groups in total. The molecule has 1 aromatic carbocycles. The van der Waals surface area contributed by atoms with Crippen molar-refractivity contribution in [1.29, 1.82) is 0 Å². The lowest BCUT2D eigenvalue weighted by atomic mass is 9.77. The van der Waals surface area contributed by atoms with Gasteiger partial charge in [0, 0.05) is 4.83 Å². The van der Waals surface area contributed by atoms with Crippen molar-refractivity contribution in [3.63, 3.8) is 0 Å². The summed E-state index contributed by atoms with van der Waals surface area (Å²) >= 11 is 3.91. The SMILES string of the molecule is CCC1CCC(Br)C(Cc2cc(C)ccc2C)C1. The summed E-state index contributed by atoms with van der Waals surface area (Å²) in [6.45, 7) is 6.79. The molecule has 3 unspecified atom stereocenters. The highest BCUT2D eigenvalue weighted by molar-refractivity contribution is 9.09. The highest BCUT2D eigenvalue weighted by atomic mass is 79.9. The summed E-state index contributed by atoms with van der Waals surface area (Å²) in [4.78, 5) is 0.722. The van der Waals surface area contributed by atoms with Crippen LogP contribution in [-0.2, 0) is 6.42 Å². The molecule has 0 aliphatic heterocycles. The zero-order valence-corrected chi connectivity index (χ0v) is 13.5. The van der Waals surface area contributed by atoms with Crippen molar-refractivity contribution in [1.82, 2.24) is 0 Å². The Bertz CT molecular complexity index is 397. The number of hydrogen-bond donors (Lipinski definition) is 0. The molecule has 1 aliphatic carbocycles. The predicted octanol–water partition coefficient (Wildman–Crippen LogP) is 5.44. The van der Waals surface area contributed by atoms with E-state index in [1.54, 1.807) is 5.56 Å². The van der Waals surface area contributed by atoms with Crippen LogP contribution in [0.1, 0.15) is 49.3 Å². The molecule has 100 valence electrons. The van der Waals surface area contributed by atoms with Gasteiger partial charge in [-0.1, -0.05) is 53.0 Å². The second-order valence-corrected chi connectivity index (χ2v) is 7.17. The van der Waals surface area contributed by atoms with Crippen molar-refractivity contribution in [3.05, 3.63) is 34.9 Å². The van der Waals surface area contributed by atoms with Crippen LogP contribution in [0.3, 0.4) is 0 Å². The van der Waals surface area contributed by atoms with E-state index in [1.165, 1.54) is 43.2 Å². The van der Waals surface area contributed by atoms with Gasteiger partial charge in [0.15, 0.2) is 0 Å². The monoisotopic (exact) mass is 308 g/mol. The number of rotatable bonds is 3. The summed E-state index contributed by atoms with van der Waals surface area (Å²) in [5.74, 6) is 1.78. The summed E-state index contributed by atoms with van der Waals surface area (Å²) in [6, 6.07) is 6.87. The van der Waals surface area contributed by atoms with Crippen LogP contribution in [0.5, 0.6) is 0 Å². The zero-order chi connectivity index (χ0) is 13.1. The van der Waals surface area contributed by atoms with Crippen LogP contribution < -0.4 is 0 Å². The molecule has 0 bridgehead atoms. The molecule has 2 rings (SSSR count). The first-order valence-electron chi connectivity index (χ1n) is 7.30. The summed E-state index contributed by atoms with van der Waals surface area (Å²) in [7, 11) is 0. The molecule has 1 saturated carbocycles. The average Bonchev–Trinajstić information content (AvgIpc) is 2.36. The van der Waals surface area contributed by atoms with Gasteiger partial charge in [0.2, 0.25) is 0 Å². The van der Waals surface area contributed by atoms with E-state index in [9.17, 15) is 0 Å². The number of aryl methyl sites for hydroxylation is 2. The molecule has 18 heavy (non-hydrogen) atoms.